The Hall–Kier alpha value is -7.37. The summed E-state index contributed by atoms with van der Waals surface area (Å²) in [5.74, 6) is 0.241. The zero-order valence-electron chi connectivity index (χ0n) is 43.7. The first-order valence-corrected chi connectivity index (χ1v) is 24.5. The third-order valence-electron chi connectivity index (χ3n) is 12.3. The number of ether oxygens (including phenoxy) is 15. The molecule has 0 bridgehead atoms. The molecule has 0 saturated carbocycles. The van der Waals surface area contributed by atoms with Crippen molar-refractivity contribution in [3.05, 3.63) is 154 Å². The number of rotatable bonds is 26. The van der Waals surface area contributed by atoms with Gasteiger partial charge in [-0.15, -0.1) is 0 Å². The first-order chi connectivity index (χ1) is 37.2. The Morgan fingerprint density at radius 3 is 1.25 bits per heavy atom. The third-order valence-corrected chi connectivity index (χ3v) is 12.3. The number of nitrogens with zero attached hydrogens (tertiary/aromatic N) is 1. The van der Waals surface area contributed by atoms with E-state index in [1.165, 1.54) is 24.3 Å². The van der Waals surface area contributed by atoms with E-state index in [4.69, 9.17) is 71.1 Å². The summed E-state index contributed by atoms with van der Waals surface area (Å²) < 4.78 is 92.1. The molecule has 10 unspecified atom stereocenters. The molecule has 0 radical (unpaired) electrons. The van der Waals surface area contributed by atoms with Gasteiger partial charge in [0.05, 0.1) is 73.0 Å². The largest absolute Gasteiger partial charge is 0.497 e. The van der Waals surface area contributed by atoms with Gasteiger partial charge in [-0.05, 0) is 82.9 Å². The van der Waals surface area contributed by atoms with E-state index in [-0.39, 0.29) is 44.5 Å². The first-order valence-electron chi connectivity index (χ1n) is 24.5. The molecule has 0 aliphatic carbocycles. The number of carbonyl (C=O) groups is 3. The van der Waals surface area contributed by atoms with Crippen LogP contribution in [0.2, 0.25) is 0 Å². The van der Waals surface area contributed by atoms with Crippen LogP contribution in [0.25, 0.3) is 0 Å². The van der Waals surface area contributed by atoms with Gasteiger partial charge in [0.15, 0.2) is 18.5 Å². The molecule has 21 heteroatoms. The van der Waals surface area contributed by atoms with Crippen molar-refractivity contribution in [2.24, 2.45) is 0 Å². The Bertz CT molecular complexity index is 2650. The van der Waals surface area contributed by atoms with Crippen molar-refractivity contribution in [3.63, 3.8) is 0 Å². The van der Waals surface area contributed by atoms with Gasteiger partial charge < -0.3 is 71.1 Å². The predicted octanol–water partition coefficient (Wildman–Crippen LogP) is 7.24. The number of benzene rings is 5. The van der Waals surface area contributed by atoms with Gasteiger partial charge in [-0.3, -0.25) is 24.5 Å². The molecule has 5 aromatic rings. The minimum atomic E-state index is -1.57. The number of carbonyl (C=O) groups excluding carboxylic acids is 3. The van der Waals surface area contributed by atoms with E-state index in [1.54, 1.807) is 40.6 Å². The Kier molecular flexibility index (Phi) is 20.9. The number of nitro benzene ring substituents is 1. The summed E-state index contributed by atoms with van der Waals surface area (Å²) in [5, 5.41) is 11.5. The number of esters is 3. The number of nitro groups is 1. The van der Waals surface area contributed by atoms with Gasteiger partial charge in [-0.1, -0.05) is 48.5 Å². The van der Waals surface area contributed by atoms with Crippen LogP contribution in [0, 0.1) is 10.1 Å². The molecule has 2 heterocycles. The fraction of sp³-hybridized carbons (Fsp3) is 0.411. The van der Waals surface area contributed by atoms with Crippen LogP contribution in [0.4, 0.5) is 5.69 Å². The van der Waals surface area contributed by atoms with Gasteiger partial charge in [-0.2, -0.15) is 0 Å². The molecule has 2 fully saturated rings. The molecule has 77 heavy (non-hydrogen) atoms. The van der Waals surface area contributed by atoms with Crippen molar-refractivity contribution in [2.75, 3.05) is 41.7 Å². The van der Waals surface area contributed by atoms with Crippen LogP contribution >= 0.6 is 0 Å². The molecular weight excluding hydrogens is 1010 g/mol. The van der Waals surface area contributed by atoms with E-state index in [0.717, 1.165) is 43.0 Å². The van der Waals surface area contributed by atoms with E-state index in [0.29, 0.717) is 23.0 Å². The molecule has 5 aromatic carbocycles. The van der Waals surface area contributed by atoms with Crippen LogP contribution in [0.1, 0.15) is 43.0 Å². The number of methoxy groups -OCH3 is 4. The second kappa shape index (κ2) is 28.1. The van der Waals surface area contributed by atoms with Crippen LogP contribution in [0.5, 0.6) is 28.7 Å². The lowest BCUT2D eigenvalue weighted by Crippen LogP contribution is -2.65. The van der Waals surface area contributed by atoms with Crippen molar-refractivity contribution in [3.8, 4) is 28.7 Å². The minimum Gasteiger partial charge on any atom is -0.497 e. The lowest BCUT2D eigenvalue weighted by molar-refractivity contribution is -0.384. The summed E-state index contributed by atoms with van der Waals surface area (Å²) in [4.78, 5) is 49.3. The maximum atomic E-state index is 12.9. The summed E-state index contributed by atoms with van der Waals surface area (Å²) in [6.45, 7) is 3.22. The summed E-state index contributed by atoms with van der Waals surface area (Å²) in [6.07, 6.45) is -12.7. The molecule has 7 rings (SSSR count). The Labute approximate surface area is 445 Å². The molecule has 0 amide bonds. The van der Waals surface area contributed by atoms with Crippen molar-refractivity contribution < 1.29 is 90.4 Å². The highest BCUT2D eigenvalue weighted by Gasteiger charge is 2.55. The van der Waals surface area contributed by atoms with Crippen molar-refractivity contribution in [2.45, 2.75) is 109 Å². The van der Waals surface area contributed by atoms with Crippen molar-refractivity contribution in [1.29, 1.82) is 0 Å². The quantitative estimate of drug-likeness (QED) is 0.0230. The van der Waals surface area contributed by atoms with E-state index < -0.39 is 90.8 Å². The van der Waals surface area contributed by atoms with Gasteiger partial charge in [0.2, 0.25) is 12.4 Å². The van der Waals surface area contributed by atoms with Gasteiger partial charge in [0, 0.05) is 32.9 Å². The SMILES string of the molecule is COc1ccc(COCC2OC(OCC3OC(Oc4ccc([N+](=O)[O-])cc4)C(OC(C)=O)C(OC(C)=O)C3OC(C)=O)C(OCc3ccc(OC)cc3)C(OCc3ccc(OC)cc3)C2OCc2ccc(OC)cc2)cc1. The van der Waals surface area contributed by atoms with E-state index in [9.17, 15) is 24.5 Å². The average Bonchev–Trinajstić information content (AvgIpc) is 3.46. The molecule has 2 saturated heterocycles. The lowest BCUT2D eigenvalue weighted by Gasteiger charge is -2.47. The fourth-order valence-electron chi connectivity index (χ4n) is 8.53. The standard InChI is InChI=1S/C56H63NO20/c1-34(58)72-50-48(77-56(54(74-36(3)60)52(50)73-35(2)59)75-46-26-16-41(17-27-46)57(61)62)33-71-55-53(70-31-40-14-24-45(66-7)25-15-40)51(69-30-39-12-22-44(65-6)23-13-39)49(68-29-38-10-20-43(64-5)21-11-38)47(76-55)32-67-28-37-8-18-42(63-4)19-9-37/h8-27,47-56H,28-33H2,1-7H3. The number of non-ortho nitro benzene ring substituents is 1. The summed E-state index contributed by atoms with van der Waals surface area (Å²) in [6, 6.07) is 34.5. The summed E-state index contributed by atoms with van der Waals surface area (Å²) >= 11 is 0. The molecule has 2 aliphatic heterocycles. The van der Waals surface area contributed by atoms with E-state index in [1.807, 2.05) is 84.9 Å². The number of hydrogen-bond acceptors (Lipinski definition) is 20. The van der Waals surface area contributed by atoms with Crippen LogP contribution in [-0.2, 0) is 88.2 Å². The van der Waals surface area contributed by atoms with Crippen LogP contribution in [-0.4, -0.2) is 126 Å². The van der Waals surface area contributed by atoms with Gasteiger partial charge in [-0.25, -0.2) is 0 Å². The third kappa shape index (κ3) is 16.3. The maximum absolute atomic E-state index is 12.9. The molecule has 10 atom stereocenters. The lowest BCUT2D eigenvalue weighted by atomic mass is 9.97. The smallest absolute Gasteiger partial charge is 0.303 e. The highest BCUT2D eigenvalue weighted by atomic mass is 16.8. The highest BCUT2D eigenvalue weighted by Crippen LogP contribution is 2.36. The van der Waals surface area contributed by atoms with E-state index in [2.05, 4.69) is 0 Å². The highest BCUT2D eigenvalue weighted by molar-refractivity contribution is 5.68. The molecule has 412 valence electrons. The van der Waals surface area contributed by atoms with Crippen LogP contribution < -0.4 is 23.7 Å². The van der Waals surface area contributed by atoms with Crippen LogP contribution in [0.3, 0.4) is 0 Å². The Balaban J connectivity index is 1.28. The van der Waals surface area contributed by atoms with Crippen molar-refractivity contribution >= 4 is 23.6 Å². The van der Waals surface area contributed by atoms with Crippen LogP contribution in [0.15, 0.2) is 121 Å². The zero-order chi connectivity index (χ0) is 54.8. The molecule has 0 spiro atoms. The molecule has 0 N–H and O–H groups in total. The van der Waals surface area contributed by atoms with Gasteiger partial charge in [0.1, 0.15) is 59.3 Å². The number of hydrogen-bond donors (Lipinski definition) is 0. The molecule has 2 aliphatic rings. The molecule has 0 aromatic heterocycles. The zero-order valence-corrected chi connectivity index (χ0v) is 43.7. The molecular formula is C56H63NO20. The fourth-order valence-corrected chi connectivity index (χ4v) is 8.53. The normalized spacial score (nSPS) is 22.9. The maximum Gasteiger partial charge on any atom is 0.303 e. The van der Waals surface area contributed by atoms with Crippen molar-refractivity contribution in [1.82, 2.24) is 0 Å². The Morgan fingerprint density at radius 2 is 0.805 bits per heavy atom. The average molecular weight is 1070 g/mol. The predicted molar refractivity (Wildman–Crippen MR) is 271 cm³/mol. The van der Waals surface area contributed by atoms with Gasteiger partial charge in [0.25, 0.3) is 5.69 Å². The first kappa shape index (κ1) is 57.3. The monoisotopic (exact) mass is 1070 g/mol. The summed E-state index contributed by atoms with van der Waals surface area (Å²) in [7, 11) is 6.31. The second-order valence-electron chi connectivity index (χ2n) is 17.7. The van der Waals surface area contributed by atoms with Gasteiger partial charge >= 0.3 is 17.9 Å². The van der Waals surface area contributed by atoms with E-state index >= 15 is 0 Å². The second-order valence-corrected chi connectivity index (χ2v) is 17.7. The minimum absolute atomic E-state index is 0.0177. The summed E-state index contributed by atoms with van der Waals surface area (Å²) in [5.41, 5.74) is 3.00. The Morgan fingerprint density at radius 1 is 0.429 bits per heavy atom. The molecule has 21 nitrogen and oxygen atoms in total. The topological polar surface area (TPSA) is 233 Å².